The largest absolute Gasteiger partial charge is 0.331 e. The van der Waals surface area contributed by atoms with Crippen molar-refractivity contribution in [2.45, 2.75) is 47.0 Å². The second-order valence-corrected chi connectivity index (χ2v) is 7.00. The van der Waals surface area contributed by atoms with Gasteiger partial charge in [-0.2, -0.15) is 0 Å². The van der Waals surface area contributed by atoms with E-state index in [4.69, 9.17) is 9.05 Å². The summed E-state index contributed by atoms with van der Waals surface area (Å²) >= 11 is 0. The van der Waals surface area contributed by atoms with Crippen molar-refractivity contribution in [1.82, 2.24) is 5.32 Å². The average molecular weight is 279 g/mol. The fourth-order valence-corrected chi connectivity index (χ4v) is 3.25. The summed E-state index contributed by atoms with van der Waals surface area (Å²) in [6.45, 7) is 10.7. The predicted octanol–water partition coefficient (Wildman–Crippen LogP) is 3.67. The molecule has 18 heavy (non-hydrogen) atoms. The van der Waals surface area contributed by atoms with Crippen LogP contribution in [0.4, 0.5) is 0 Å². The lowest BCUT2D eigenvalue weighted by Crippen LogP contribution is -2.20. The van der Waals surface area contributed by atoms with Gasteiger partial charge in [-0.3, -0.25) is 4.57 Å². The molecule has 0 aromatic carbocycles. The fourth-order valence-electron chi connectivity index (χ4n) is 1.70. The van der Waals surface area contributed by atoms with Gasteiger partial charge in [0.2, 0.25) is 0 Å². The molecule has 0 saturated carbocycles. The van der Waals surface area contributed by atoms with E-state index in [0.717, 1.165) is 12.5 Å². The van der Waals surface area contributed by atoms with Gasteiger partial charge in [-0.05, 0) is 32.7 Å². The molecule has 5 heteroatoms. The van der Waals surface area contributed by atoms with Crippen LogP contribution in [0.15, 0.2) is 0 Å². The van der Waals surface area contributed by atoms with E-state index in [9.17, 15) is 4.57 Å². The first kappa shape index (κ1) is 18.1. The molecule has 0 aliphatic rings. The van der Waals surface area contributed by atoms with Gasteiger partial charge < -0.3 is 14.4 Å². The van der Waals surface area contributed by atoms with Crippen molar-refractivity contribution in [1.29, 1.82) is 0 Å². The lowest BCUT2D eigenvalue weighted by molar-refractivity contribution is 0.220. The van der Waals surface area contributed by atoms with Crippen LogP contribution in [0.2, 0.25) is 0 Å². The molecule has 0 rings (SSSR count). The Kier molecular flexibility index (Phi) is 11.0. The zero-order chi connectivity index (χ0) is 13.9. The topological polar surface area (TPSA) is 47.6 Å². The van der Waals surface area contributed by atoms with E-state index >= 15 is 0 Å². The summed E-state index contributed by atoms with van der Waals surface area (Å²) in [5, 5.41) is 3.30. The molecule has 110 valence electrons. The monoisotopic (exact) mass is 279 g/mol. The maximum atomic E-state index is 12.1. The second-order valence-electron chi connectivity index (χ2n) is 4.81. The Balaban J connectivity index is 3.58. The molecule has 0 radical (unpaired) electrons. The lowest BCUT2D eigenvalue weighted by atomic mass is 10.1. The summed E-state index contributed by atoms with van der Waals surface area (Å²) in [6.07, 6.45) is 4.15. The summed E-state index contributed by atoms with van der Waals surface area (Å²) in [6, 6.07) is 0. The summed E-state index contributed by atoms with van der Waals surface area (Å²) in [5.74, 6) is 0.779. The second kappa shape index (κ2) is 11.0. The van der Waals surface area contributed by atoms with Crippen LogP contribution in [0.1, 0.15) is 47.0 Å². The fraction of sp³-hybridized carbons (Fsp3) is 1.00. The van der Waals surface area contributed by atoms with Crippen molar-refractivity contribution < 1.29 is 13.6 Å². The molecular weight excluding hydrogens is 249 g/mol. The summed E-state index contributed by atoms with van der Waals surface area (Å²) in [4.78, 5) is 0. The molecule has 0 aliphatic carbocycles. The van der Waals surface area contributed by atoms with Gasteiger partial charge in [0, 0.05) is 6.54 Å². The molecule has 0 amide bonds. The Morgan fingerprint density at radius 2 is 1.67 bits per heavy atom. The van der Waals surface area contributed by atoms with E-state index in [0.29, 0.717) is 25.9 Å². The minimum Gasteiger partial charge on any atom is -0.316 e. The molecular formula is C13H30NO3P. The minimum atomic E-state index is -2.85. The first-order chi connectivity index (χ1) is 8.54. The standard InChI is InChI=1S/C13H30NO3P/c1-5-16-18(15,17-6-2)12-11-14-10-8-7-9-13(3)4/h13-14H,5-12H2,1-4H3. The number of hydrogen-bond donors (Lipinski definition) is 1. The highest BCUT2D eigenvalue weighted by Crippen LogP contribution is 2.47. The minimum absolute atomic E-state index is 0.436. The van der Waals surface area contributed by atoms with Crippen LogP contribution in [0, 0.1) is 5.92 Å². The summed E-state index contributed by atoms with van der Waals surface area (Å²) < 4.78 is 22.6. The zero-order valence-corrected chi connectivity index (χ0v) is 13.3. The van der Waals surface area contributed by atoms with Gasteiger partial charge in [0.15, 0.2) is 0 Å². The highest BCUT2D eigenvalue weighted by molar-refractivity contribution is 7.53. The van der Waals surface area contributed by atoms with Crippen molar-refractivity contribution in [3.05, 3.63) is 0 Å². The van der Waals surface area contributed by atoms with Gasteiger partial charge in [-0.25, -0.2) is 0 Å². The van der Waals surface area contributed by atoms with Gasteiger partial charge >= 0.3 is 7.60 Å². The third-order valence-corrected chi connectivity index (χ3v) is 4.67. The van der Waals surface area contributed by atoms with Crippen molar-refractivity contribution in [3.63, 3.8) is 0 Å². The maximum absolute atomic E-state index is 12.1. The molecule has 4 nitrogen and oxygen atoms in total. The smallest absolute Gasteiger partial charge is 0.316 e. The van der Waals surface area contributed by atoms with Gasteiger partial charge in [0.05, 0.1) is 19.4 Å². The molecule has 0 aliphatic heterocycles. The molecule has 0 unspecified atom stereocenters. The third kappa shape index (κ3) is 10.1. The van der Waals surface area contributed by atoms with Crippen LogP contribution in [-0.4, -0.2) is 32.5 Å². The van der Waals surface area contributed by atoms with Gasteiger partial charge in [0.1, 0.15) is 0 Å². The van der Waals surface area contributed by atoms with Crippen LogP contribution in [0.3, 0.4) is 0 Å². The van der Waals surface area contributed by atoms with Gasteiger partial charge in [-0.15, -0.1) is 0 Å². The highest BCUT2D eigenvalue weighted by Gasteiger charge is 2.22. The molecule has 1 N–H and O–H groups in total. The summed E-state index contributed by atoms with van der Waals surface area (Å²) in [5.41, 5.74) is 0. The van der Waals surface area contributed by atoms with Crippen LogP contribution < -0.4 is 5.32 Å². The number of unbranched alkanes of at least 4 members (excludes halogenated alkanes) is 1. The molecule has 0 heterocycles. The third-order valence-electron chi connectivity index (χ3n) is 2.60. The average Bonchev–Trinajstić information content (AvgIpc) is 2.28. The van der Waals surface area contributed by atoms with E-state index in [2.05, 4.69) is 19.2 Å². The van der Waals surface area contributed by atoms with E-state index in [1.54, 1.807) is 0 Å². The van der Waals surface area contributed by atoms with Gasteiger partial charge in [0.25, 0.3) is 0 Å². The number of rotatable bonds is 12. The van der Waals surface area contributed by atoms with Crippen molar-refractivity contribution in [3.8, 4) is 0 Å². The first-order valence-corrected chi connectivity index (χ1v) is 8.85. The quantitative estimate of drug-likeness (QED) is 0.437. The molecule has 0 aromatic heterocycles. The van der Waals surface area contributed by atoms with Crippen molar-refractivity contribution in [2.24, 2.45) is 5.92 Å². The maximum Gasteiger partial charge on any atom is 0.331 e. The van der Waals surface area contributed by atoms with Crippen molar-refractivity contribution in [2.75, 3.05) is 32.5 Å². The molecule has 0 spiro atoms. The first-order valence-electron chi connectivity index (χ1n) is 7.13. The normalized spacial score (nSPS) is 12.3. The van der Waals surface area contributed by atoms with Crippen molar-refractivity contribution >= 4 is 7.60 Å². The Morgan fingerprint density at radius 3 is 2.17 bits per heavy atom. The number of hydrogen-bond acceptors (Lipinski definition) is 4. The number of nitrogens with one attached hydrogen (secondary N) is 1. The molecule has 0 bridgehead atoms. The van der Waals surface area contributed by atoms with Gasteiger partial charge in [-0.1, -0.05) is 26.7 Å². The highest BCUT2D eigenvalue weighted by atomic mass is 31.2. The van der Waals surface area contributed by atoms with Crippen LogP contribution in [-0.2, 0) is 13.6 Å². The molecule has 0 atom stereocenters. The SMILES string of the molecule is CCOP(=O)(CCNCCCCC(C)C)OCC. The van der Waals surface area contributed by atoms with E-state index in [-0.39, 0.29) is 0 Å². The van der Waals surface area contributed by atoms with E-state index in [1.807, 2.05) is 13.8 Å². The predicted molar refractivity (Wildman–Crippen MR) is 77.3 cm³/mol. The van der Waals surface area contributed by atoms with E-state index in [1.165, 1.54) is 19.3 Å². The van der Waals surface area contributed by atoms with E-state index < -0.39 is 7.60 Å². The summed E-state index contributed by atoms with van der Waals surface area (Å²) in [7, 11) is -2.85. The Morgan fingerprint density at radius 1 is 1.06 bits per heavy atom. The van der Waals surface area contributed by atoms with Crippen LogP contribution in [0.5, 0.6) is 0 Å². The Hall–Kier alpha value is 0.110. The molecule has 0 saturated heterocycles. The lowest BCUT2D eigenvalue weighted by Gasteiger charge is -2.17. The van der Waals surface area contributed by atoms with Crippen LogP contribution in [0.25, 0.3) is 0 Å². The zero-order valence-electron chi connectivity index (χ0n) is 12.4. The Bertz CT molecular complexity index is 224. The Labute approximate surface area is 112 Å². The molecule has 0 fully saturated rings. The molecule has 0 aromatic rings. The van der Waals surface area contributed by atoms with Crippen LogP contribution >= 0.6 is 7.60 Å².